The Balaban J connectivity index is 1.46. The Morgan fingerprint density at radius 1 is 1.23 bits per heavy atom. The van der Waals surface area contributed by atoms with Crippen LogP contribution in [0.15, 0.2) is 42.6 Å². The topological polar surface area (TPSA) is 105 Å². The predicted octanol–water partition coefficient (Wildman–Crippen LogP) is 2.53. The maximum Gasteiger partial charge on any atom is 0.164 e. The largest absolute Gasteiger partial charge is 0.491 e. The fraction of sp³-hybridized carbons (Fsp3) is 0.423. The Labute approximate surface area is 205 Å². The van der Waals surface area contributed by atoms with Crippen LogP contribution in [0.25, 0.3) is 11.4 Å². The maximum absolute atomic E-state index is 9.99. The third-order valence-electron chi connectivity index (χ3n) is 6.35. The van der Waals surface area contributed by atoms with Gasteiger partial charge in [0.05, 0.1) is 24.9 Å². The second-order valence-electron chi connectivity index (χ2n) is 9.06. The molecule has 35 heavy (non-hydrogen) atoms. The monoisotopic (exact) mass is 476 g/mol. The lowest BCUT2D eigenvalue weighted by Crippen LogP contribution is -2.29. The summed E-state index contributed by atoms with van der Waals surface area (Å²) in [5, 5.41) is 16.5. The summed E-state index contributed by atoms with van der Waals surface area (Å²) in [6.45, 7) is 5.65. The van der Waals surface area contributed by atoms with Crippen molar-refractivity contribution >= 4 is 11.6 Å². The fourth-order valence-electron chi connectivity index (χ4n) is 4.49. The number of anilines is 2. The zero-order valence-corrected chi connectivity index (χ0v) is 20.2. The number of fused-ring (bicyclic) bond motifs is 1. The third-order valence-corrected chi connectivity index (χ3v) is 6.35. The van der Waals surface area contributed by atoms with Crippen molar-refractivity contribution in [2.45, 2.75) is 38.6 Å². The second-order valence-corrected chi connectivity index (χ2v) is 9.06. The van der Waals surface area contributed by atoms with E-state index in [0.717, 1.165) is 48.0 Å². The van der Waals surface area contributed by atoms with Gasteiger partial charge in [0.25, 0.3) is 0 Å². The van der Waals surface area contributed by atoms with Crippen LogP contribution in [0.2, 0.25) is 0 Å². The minimum atomic E-state index is -0.583. The molecule has 1 aromatic carbocycles. The molecule has 9 heteroatoms. The molecule has 2 aliphatic rings. The molecule has 2 atom stereocenters. The van der Waals surface area contributed by atoms with Crippen molar-refractivity contribution in [1.29, 1.82) is 0 Å². The molecule has 9 nitrogen and oxygen atoms in total. The lowest BCUT2D eigenvalue weighted by Gasteiger charge is -2.23. The van der Waals surface area contributed by atoms with Gasteiger partial charge < -0.3 is 30.1 Å². The summed E-state index contributed by atoms with van der Waals surface area (Å²) in [5.74, 6) is 3.00. The Morgan fingerprint density at radius 3 is 2.94 bits per heavy atom. The zero-order chi connectivity index (χ0) is 24.2. The molecule has 0 saturated carbocycles. The first-order valence-corrected chi connectivity index (χ1v) is 12.1. The van der Waals surface area contributed by atoms with Crippen LogP contribution >= 0.6 is 0 Å². The Morgan fingerprint density at radius 2 is 2.14 bits per heavy atom. The van der Waals surface area contributed by atoms with Crippen LogP contribution in [0.1, 0.15) is 23.2 Å². The lowest BCUT2D eigenvalue weighted by atomic mass is 10.1. The summed E-state index contributed by atoms with van der Waals surface area (Å²) in [5.41, 5.74) is 4.17. The van der Waals surface area contributed by atoms with E-state index in [1.165, 1.54) is 5.56 Å². The maximum atomic E-state index is 9.99. The van der Waals surface area contributed by atoms with E-state index in [4.69, 9.17) is 19.4 Å². The molecule has 0 spiro atoms. The minimum absolute atomic E-state index is 0.206. The number of pyridine rings is 1. The van der Waals surface area contributed by atoms with E-state index in [2.05, 4.69) is 33.5 Å². The van der Waals surface area contributed by atoms with E-state index in [9.17, 15) is 5.11 Å². The van der Waals surface area contributed by atoms with Gasteiger partial charge in [-0.15, -0.1) is 0 Å². The van der Waals surface area contributed by atoms with Crippen LogP contribution in [0.4, 0.5) is 11.6 Å². The van der Waals surface area contributed by atoms with Gasteiger partial charge in [-0.05, 0) is 44.2 Å². The molecule has 2 aliphatic heterocycles. The first kappa shape index (κ1) is 23.5. The fourth-order valence-corrected chi connectivity index (χ4v) is 4.49. The van der Waals surface area contributed by atoms with Crippen molar-refractivity contribution in [3.63, 3.8) is 0 Å². The third kappa shape index (κ3) is 5.37. The van der Waals surface area contributed by atoms with Crippen molar-refractivity contribution in [2.75, 3.05) is 43.6 Å². The first-order chi connectivity index (χ1) is 17.1. The van der Waals surface area contributed by atoms with Crippen LogP contribution in [0, 0.1) is 6.92 Å². The number of likely N-dealkylation sites (N-methyl/N-ethyl adjacent to an activating group) is 1. The number of aliphatic hydroxyl groups is 1. The van der Waals surface area contributed by atoms with Crippen molar-refractivity contribution in [1.82, 2.24) is 20.3 Å². The van der Waals surface area contributed by atoms with E-state index in [0.29, 0.717) is 31.3 Å². The molecule has 4 heterocycles. The van der Waals surface area contributed by atoms with Crippen molar-refractivity contribution in [3.8, 4) is 17.1 Å². The van der Waals surface area contributed by atoms with Crippen LogP contribution in [0.5, 0.6) is 5.75 Å². The van der Waals surface area contributed by atoms with Crippen LogP contribution < -0.4 is 20.3 Å². The van der Waals surface area contributed by atoms with E-state index < -0.39 is 6.10 Å². The number of aromatic nitrogens is 3. The number of ether oxygens (including phenoxy) is 2. The van der Waals surface area contributed by atoms with Gasteiger partial charge in [-0.3, -0.25) is 4.98 Å². The van der Waals surface area contributed by atoms with Gasteiger partial charge in [-0.1, -0.05) is 18.2 Å². The van der Waals surface area contributed by atoms with Gasteiger partial charge in [-0.25, -0.2) is 9.97 Å². The molecule has 184 valence electrons. The van der Waals surface area contributed by atoms with Gasteiger partial charge in [-0.2, -0.15) is 0 Å². The summed E-state index contributed by atoms with van der Waals surface area (Å²) in [6.07, 6.45) is 2.21. The number of aliphatic hydroxyl groups excluding tert-OH is 1. The summed E-state index contributed by atoms with van der Waals surface area (Å²) < 4.78 is 11.4. The van der Waals surface area contributed by atoms with E-state index in [-0.39, 0.29) is 12.6 Å². The molecular weight excluding hydrogens is 444 g/mol. The SMILES string of the molecule is CNCC(O)COc1cccc(-c2nc(N[C@@H]3CCOC3)c(C)c(N3Cc4cccnc4C3)n2)c1. The number of rotatable bonds is 9. The Kier molecular flexibility index (Phi) is 7.08. The lowest BCUT2D eigenvalue weighted by molar-refractivity contribution is 0.108. The molecule has 2 aromatic heterocycles. The number of hydrogen-bond acceptors (Lipinski definition) is 9. The van der Waals surface area contributed by atoms with Gasteiger partial charge in [0, 0.05) is 37.0 Å². The molecular formula is C26H32N6O3. The van der Waals surface area contributed by atoms with Crippen molar-refractivity contribution in [2.24, 2.45) is 0 Å². The Bertz CT molecular complexity index is 1140. The van der Waals surface area contributed by atoms with Crippen molar-refractivity contribution < 1.29 is 14.6 Å². The minimum Gasteiger partial charge on any atom is -0.491 e. The molecule has 0 bridgehead atoms. The van der Waals surface area contributed by atoms with E-state index in [1.807, 2.05) is 36.5 Å². The smallest absolute Gasteiger partial charge is 0.164 e. The molecule has 0 aliphatic carbocycles. The van der Waals surface area contributed by atoms with Crippen molar-refractivity contribution in [3.05, 3.63) is 59.4 Å². The number of nitrogens with zero attached hydrogens (tertiary/aromatic N) is 4. The quantitative estimate of drug-likeness (QED) is 0.430. The highest BCUT2D eigenvalue weighted by Gasteiger charge is 2.26. The highest BCUT2D eigenvalue weighted by molar-refractivity contribution is 5.68. The molecule has 3 aromatic rings. The zero-order valence-electron chi connectivity index (χ0n) is 20.2. The Hall–Kier alpha value is -3.27. The van der Waals surface area contributed by atoms with E-state index in [1.54, 1.807) is 7.05 Å². The average Bonchev–Trinajstić information content (AvgIpc) is 3.54. The highest BCUT2D eigenvalue weighted by Crippen LogP contribution is 2.34. The molecule has 1 saturated heterocycles. The number of hydrogen-bond donors (Lipinski definition) is 3. The highest BCUT2D eigenvalue weighted by atomic mass is 16.5. The summed E-state index contributed by atoms with van der Waals surface area (Å²) in [4.78, 5) is 16.7. The summed E-state index contributed by atoms with van der Waals surface area (Å²) >= 11 is 0. The van der Waals surface area contributed by atoms with Crippen LogP contribution in [0.3, 0.4) is 0 Å². The van der Waals surface area contributed by atoms with Gasteiger partial charge in [0.15, 0.2) is 5.82 Å². The molecule has 1 fully saturated rings. The van der Waals surface area contributed by atoms with Gasteiger partial charge in [0.1, 0.15) is 30.1 Å². The summed E-state index contributed by atoms with van der Waals surface area (Å²) in [6, 6.07) is 12.0. The van der Waals surface area contributed by atoms with Crippen LogP contribution in [-0.4, -0.2) is 65.6 Å². The second kappa shape index (κ2) is 10.6. The molecule has 0 amide bonds. The predicted molar refractivity (Wildman–Crippen MR) is 135 cm³/mol. The number of nitrogens with one attached hydrogen (secondary N) is 2. The standard InChI is InChI=1S/C26H32N6O3/c1-17-24(29-20-8-10-34-15-20)30-25(18-5-3-7-22(11-18)35-16-21(33)12-27-2)31-26(17)32-13-19-6-4-9-28-23(19)14-32/h3-7,9,11,20-21,27,33H,8,10,12-16H2,1-2H3,(H,29,30,31)/t20-,21?/m1/s1. The average molecular weight is 477 g/mol. The molecule has 1 unspecified atom stereocenters. The van der Waals surface area contributed by atoms with Gasteiger partial charge >= 0.3 is 0 Å². The molecule has 5 rings (SSSR count). The van der Waals surface area contributed by atoms with Crippen LogP contribution in [-0.2, 0) is 17.8 Å². The van der Waals surface area contributed by atoms with Gasteiger partial charge in [0.2, 0.25) is 0 Å². The number of benzene rings is 1. The normalized spacial score (nSPS) is 17.9. The van der Waals surface area contributed by atoms with E-state index >= 15 is 0 Å². The molecule has 0 radical (unpaired) electrons. The molecule has 3 N–H and O–H groups in total. The summed E-state index contributed by atoms with van der Waals surface area (Å²) in [7, 11) is 1.80. The first-order valence-electron chi connectivity index (χ1n) is 12.1.